The standard InChI is InChI=1S/C10H15N3O/c1-7-5-8-10(9(6-7)14-4)11-13(3)12(8)2/h5-6,11H,1-4H3. The molecule has 0 aliphatic carbocycles. The lowest BCUT2D eigenvalue weighted by Gasteiger charge is -2.20. The summed E-state index contributed by atoms with van der Waals surface area (Å²) in [6.45, 7) is 2.06. The van der Waals surface area contributed by atoms with Crippen molar-refractivity contribution < 1.29 is 4.74 Å². The number of aryl methyl sites for hydroxylation is 1. The van der Waals surface area contributed by atoms with Crippen LogP contribution in [0.15, 0.2) is 12.1 Å². The Kier molecular flexibility index (Phi) is 2.00. The fraction of sp³-hybridized carbons (Fsp3) is 0.400. The second-order valence-electron chi connectivity index (χ2n) is 3.52. The third-order valence-electron chi connectivity index (χ3n) is 2.52. The van der Waals surface area contributed by atoms with Crippen LogP contribution >= 0.6 is 0 Å². The van der Waals surface area contributed by atoms with E-state index in [9.17, 15) is 0 Å². The van der Waals surface area contributed by atoms with E-state index in [-0.39, 0.29) is 0 Å². The van der Waals surface area contributed by atoms with Crippen LogP contribution in [0.3, 0.4) is 0 Å². The Bertz CT molecular complexity index is 365. The molecule has 0 saturated carbocycles. The van der Waals surface area contributed by atoms with E-state index in [0.29, 0.717) is 0 Å². The molecule has 1 aromatic rings. The normalized spacial score (nSPS) is 15.3. The lowest BCUT2D eigenvalue weighted by Crippen LogP contribution is -2.34. The van der Waals surface area contributed by atoms with Crippen molar-refractivity contribution in [1.29, 1.82) is 0 Å². The van der Waals surface area contributed by atoms with Crippen LogP contribution in [-0.4, -0.2) is 26.3 Å². The molecule has 1 heterocycles. The van der Waals surface area contributed by atoms with Crippen LogP contribution in [0.1, 0.15) is 5.56 Å². The van der Waals surface area contributed by atoms with Crippen LogP contribution < -0.4 is 15.2 Å². The van der Waals surface area contributed by atoms with E-state index in [1.807, 2.05) is 30.3 Å². The smallest absolute Gasteiger partial charge is 0.145 e. The van der Waals surface area contributed by atoms with Gasteiger partial charge in [-0.1, -0.05) is 0 Å². The van der Waals surface area contributed by atoms with Crippen LogP contribution in [0.4, 0.5) is 11.4 Å². The minimum absolute atomic E-state index is 0.885. The number of rotatable bonds is 1. The number of anilines is 2. The first-order valence-electron chi connectivity index (χ1n) is 4.56. The Balaban J connectivity index is 2.55. The molecule has 4 nitrogen and oxygen atoms in total. The molecule has 2 rings (SSSR count). The van der Waals surface area contributed by atoms with Gasteiger partial charge in [-0.05, 0) is 24.6 Å². The number of benzene rings is 1. The van der Waals surface area contributed by atoms with Crippen molar-refractivity contribution in [2.75, 3.05) is 31.6 Å². The minimum atomic E-state index is 0.885. The Morgan fingerprint density at radius 1 is 1.29 bits per heavy atom. The van der Waals surface area contributed by atoms with Gasteiger partial charge in [0.15, 0.2) is 0 Å². The summed E-state index contributed by atoms with van der Waals surface area (Å²) in [7, 11) is 5.67. The number of fused-ring (bicyclic) bond motifs is 1. The number of nitrogens with one attached hydrogen (secondary N) is 1. The summed E-state index contributed by atoms with van der Waals surface area (Å²) >= 11 is 0. The molecule has 0 fully saturated rings. The van der Waals surface area contributed by atoms with Crippen LogP contribution in [0, 0.1) is 6.92 Å². The molecular weight excluding hydrogens is 178 g/mol. The zero-order valence-corrected chi connectivity index (χ0v) is 8.96. The molecule has 0 bridgehead atoms. The number of hydrazine groups is 2. The molecule has 4 heteroatoms. The van der Waals surface area contributed by atoms with Gasteiger partial charge in [0.25, 0.3) is 0 Å². The van der Waals surface area contributed by atoms with E-state index < -0.39 is 0 Å². The van der Waals surface area contributed by atoms with Gasteiger partial charge in [0.2, 0.25) is 0 Å². The molecule has 0 amide bonds. The van der Waals surface area contributed by atoms with Crippen molar-refractivity contribution in [3.05, 3.63) is 17.7 Å². The zero-order chi connectivity index (χ0) is 10.3. The summed E-state index contributed by atoms with van der Waals surface area (Å²) in [4.78, 5) is 0. The van der Waals surface area contributed by atoms with Gasteiger partial charge >= 0.3 is 0 Å². The van der Waals surface area contributed by atoms with Crippen molar-refractivity contribution in [2.24, 2.45) is 0 Å². The molecule has 0 saturated heterocycles. The van der Waals surface area contributed by atoms with Gasteiger partial charge in [-0.15, -0.1) is 5.12 Å². The van der Waals surface area contributed by atoms with Gasteiger partial charge in [0, 0.05) is 14.1 Å². The fourth-order valence-corrected chi connectivity index (χ4v) is 1.66. The number of hydrogen-bond acceptors (Lipinski definition) is 4. The Morgan fingerprint density at radius 2 is 2.00 bits per heavy atom. The van der Waals surface area contributed by atoms with Gasteiger partial charge in [0.1, 0.15) is 11.4 Å². The number of hydrogen-bond donors (Lipinski definition) is 1. The van der Waals surface area contributed by atoms with E-state index in [1.165, 1.54) is 5.56 Å². The summed E-state index contributed by atoms with van der Waals surface area (Å²) in [6, 6.07) is 4.16. The van der Waals surface area contributed by atoms with E-state index in [1.54, 1.807) is 7.11 Å². The highest BCUT2D eigenvalue weighted by molar-refractivity contribution is 5.79. The van der Waals surface area contributed by atoms with Crippen molar-refractivity contribution in [3.63, 3.8) is 0 Å². The second-order valence-corrected chi connectivity index (χ2v) is 3.52. The molecule has 0 radical (unpaired) electrons. The average molecular weight is 193 g/mol. The maximum Gasteiger partial charge on any atom is 0.145 e. The van der Waals surface area contributed by atoms with E-state index >= 15 is 0 Å². The average Bonchev–Trinajstić information content (AvgIpc) is 2.43. The molecule has 76 valence electrons. The molecule has 14 heavy (non-hydrogen) atoms. The van der Waals surface area contributed by atoms with Gasteiger partial charge in [-0.25, -0.2) is 0 Å². The summed E-state index contributed by atoms with van der Waals surface area (Å²) in [6.07, 6.45) is 0. The SMILES string of the molecule is COc1cc(C)cc2c1NN(C)N2C. The Labute approximate surface area is 84.0 Å². The molecule has 1 aliphatic heterocycles. The summed E-state index contributed by atoms with van der Waals surface area (Å²) < 4.78 is 5.32. The summed E-state index contributed by atoms with van der Waals surface area (Å²) in [5.74, 6) is 0.885. The third-order valence-corrected chi connectivity index (χ3v) is 2.52. The highest BCUT2D eigenvalue weighted by Crippen LogP contribution is 2.40. The lowest BCUT2D eigenvalue weighted by atomic mass is 10.2. The van der Waals surface area contributed by atoms with Gasteiger partial charge in [-0.2, -0.15) is 0 Å². The van der Waals surface area contributed by atoms with E-state index in [2.05, 4.69) is 18.4 Å². The van der Waals surface area contributed by atoms with Crippen molar-refractivity contribution in [1.82, 2.24) is 5.12 Å². The fourth-order valence-electron chi connectivity index (χ4n) is 1.66. The molecular formula is C10H15N3O. The number of ether oxygens (including phenoxy) is 1. The number of methoxy groups -OCH3 is 1. The Hall–Kier alpha value is -1.42. The Morgan fingerprint density at radius 3 is 2.64 bits per heavy atom. The first-order chi connectivity index (χ1) is 6.63. The predicted octanol–water partition coefficient (Wildman–Crippen LogP) is 1.63. The third kappa shape index (κ3) is 1.19. The molecule has 0 spiro atoms. The van der Waals surface area contributed by atoms with Gasteiger partial charge < -0.3 is 4.74 Å². The quantitative estimate of drug-likeness (QED) is 0.733. The van der Waals surface area contributed by atoms with Gasteiger partial charge in [-0.3, -0.25) is 10.4 Å². The van der Waals surface area contributed by atoms with Crippen LogP contribution in [-0.2, 0) is 0 Å². The topological polar surface area (TPSA) is 27.7 Å². The number of nitrogens with zero attached hydrogens (tertiary/aromatic N) is 2. The molecule has 1 aliphatic rings. The monoisotopic (exact) mass is 193 g/mol. The van der Waals surface area contributed by atoms with Crippen LogP contribution in [0.5, 0.6) is 5.75 Å². The maximum absolute atomic E-state index is 5.32. The zero-order valence-electron chi connectivity index (χ0n) is 8.96. The second kappa shape index (κ2) is 3.06. The van der Waals surface area contributed by atoms with Crippen molar-refractivity contribution in [3.8, 4) is 5.75 Å². The maximum atomic E-state index is 5.32. The largest absolute Gasteiger partial charge is 0.494 e. The summed E-state index contributed by atoms with van der Waals surface area (Å²) in [5.41, 5.74) is 6.60. The van der Waals surface area contributed by atoms with Crippen molar-refractivity contribution >= 4 is 11.4 Å². The lowest BCUT2D eigenvalue weighted by molar-refractivity contribution is 0.401. The van der Waals surface area contributed by atoms with Crippen molar-refractivity contribution in [2.45, 2.75) is 6.92 Å². The first-order valence-corrected chi connectivity index (χ1v) is 4.56. The highest BCUT2D eigenvalue weighted by atomic mass is 16.5. The molecule has 1 aromatic carbocycles. The molecule has 0 aromatic heterocycles. The molecule has 0 atom stereocenters. The molecule has 1 N–H and O–H groups in total. The minimum Gasteiger partial charge on any atom is -0.494 e. The highest BCUT2D eigenvalue weighted by Gasteiger charge is 2.24. The molecule has 0 unspecified atom stereocenters. The van der Waals surface area contributed by atoms with Gasteiger partial charge in [0.05, 0.1) is 12.8 Å². The van der Waals surface area contributed by atoms with E-state index in [4.69, 9.17) is 4.74 Å². The van der Waals surface area contributed by atoms with Crippen LogP contribution in [0.25, 0.3) is 0 Å². The van der Waals surface area contributed by atoms with Crippen LogP contribution in [0.2, 0.25) is 0 Å². The predicted molar refractivity (Wildman–Crippen MR) is 57.5 cm³/mol. The first kappa shape index (κ1) is 9.15. The van der Waals surface area contributed by atoms with E-state index in [0.717, 1.165) is 17.1 Å². The summed E-state index contributed by atoms with van der Waals surface area (Å²) in [5, 5.41) is 3.97.